The van der Waals surface area contributed by atoms with Gasteiger partial charge in [-0.25, -0.2) is 13.2 Å². The topological polar surface area (TPSA) is 64.3 Å². The maximum atomic E-state index is 12.6. The van der Waals surface area contributed by atoms with E-state index in [1.54, 1.807) is 0 Å². The Morgan fingerprint density at radius 2 is 1.68 bits per heavy atom. The number of hydrogen-bond donors (Lipinski definition) is 0. The van der Waals surface area contributed by atoms with E-state index in [-0.39, 0.29) is 5.76 Å². The smallest absolute Gasteiger partial charge is 0.264 e. The van der Waals surface area contributed by atoms with E-state index in [1.165, 1.54) is 12.1 Å². The summed E-state index contributed by atoms with van der Waals surface area (Å²) in [6, 6.07) is 2.56. The predicted octanol–water partition coefficient (Wildman–Crippen LogP) is 1.89. The van der Waals surface area contributed by atoms with Crippen molar-refractivity contribution in [3.05, 3.63) is 24.2 Å². The minimum absolute atomic E-state index is 0.288. The lowest BCUT2D eigenvalue weighted by Crippen LogP contribution is -2.40. The Hall–Kier alpha value is -1.92. The first-order chi connectivity index (χ1) is 9.00. The van der Waals surface area contributed by atoms with Crippen LogP contribution in [0.15, 0.2) is 22.8 Å². The summed E-state index contributed by atoms with van der Waals surface area (Å²) in [5, 5.41) is 0. The van der Waals surface area contributed by atoms with Crippen LogP contribution in [0.25, 0.3) is 0 Å². The summed E-state index contributed by atoms with van der Waals surface area (Å²) in [4.78, 5) is 34.4. The Morgan fingerprint density at radius 1 is 1.11 bits per heavy atom. The van der Waals surface area contributed by atoms with E-state index in [0.29, 0.717) is 0 Å². The second-order valence-electron chi connectivity index (χ2n) is 4.01. The Morgan fingerprint density at radius 3 is 2.11 bits per heavy atom. The zero-order valence-electron chi connectivity index (χ0n) is 9.83. The van der Waals surface area contributed by atoms with Gasteiger partial charge in [-0.05, 0) is 12.1 Å². The molecule has 0 unspecified atom stereocenters. The zero-order valence-corrected chi connectivity index (χ0v) is 9.83. The molecule has 0 aliphatic carbocycles. The SMILES string of the molecule is O=C(CC(=O)C(CF)(CF)CF)C(=O)c1ccco1. The van der Waals surface area contributed by atoms with Gasteiger partial charge in [-0.2, -0.15) is 0 Å². The molecule has 0 aromatic carbocycles. The third-order valence-corrected chi connectivity index (χ3v) is 2.68. The Bertz CT molecular complexity index is 455. The van der Waals surface area contributed by atoms with Crippen LogP contribution in [0.3, 0.4) is 0 Å². The van der Waals surface area contributed by atoms with Crippen molar-refractivity contribution in [2.75, 3.05) is 20.0 Å². The van der Waals surface area contributed by atoms with Gasteiger partial charge < -0.3 is 4.42 Å². The van der Waals surface area contributed by atoms with Crippen LogP contribution < -0.4 is 0 Å². The lowest BCUT2D eigenvalue weighted by Gasteiger charge is -2.21. The molecule has 0 aliphatic heterocycles. The van der Waals surface area contributed by atoms with Crippen LogP contribution in [0.5, 0.6) is 0 Å². The molecule has 1 aromatic rings. The van der Waals surface area contributed by atoms with Crippen LogP contribution in [0.4, 0.5) is 13.2 Å². The number of alkyl halides is 3. The number of Topliss-reactive ketones (excluding diaryl/α,β-unsaturated/α-hetero) is 3. The number of ketones is 3. The molecule has 104 valence electrons. The number of hydrogen-bond acceptors (Lipinski definition) is 4. The molecule has 1 heterocycles. The fourth-order valence-corrected chi connectivity index (χ4v) is 1.29. The van der Waals surface area contributed by atoms with Crippen molar-refractivity contribution in [1.29, 1.82) is 0 Å². The minimum Gasteiger partial charge on any atom is -0.461 e. The van der Waals surface area contributed by atoms with Gasteiger partial charge in [0.15, 0.2) is 11.5 Å². The molecular formula is C12H11F3O4. The number of rotatable bonds is 8. The Labute approximate surface area is 106 Å². The number of carbonyl (C=O) groups excluding carboxylic acids is 3. The van der Waals surface area contributed by atoms with Crippen molar-refractivity contribution in [2.45, 2.75) is 6.42 Å². The highest BCUT2D eigenvalue weighted by atomic mass is 19.1. The average Bonchev–Trinajstić information content (AvgIpc) is 2.94. The third kappa shape index (κ3) is 3.10. The molecule has 7 heteroatoms. The molecule has 1 aromatic heterocycles. The molecule has 0 saturated carbocycles. The van der Waals surface area contributed by atoms with Crippen LogP contribution in [-0.4, -0.2) is 37.4 Å². The first kappa shape index (κ1) is 15.1. The van der Waals surface area contributed by atoms with Gasteiger partial charge in [-0.15, -0.1) is 0 Å². The normalized spacial score (nSPS) is 11.3. The van der Waals surface area contributed by atoms with Crippen molar-refractivity contribution in [3.8, 4) is 0 Å². The van der Waals surface area contributed by atoms with Gasteiger partial charge in [0, 0.05) is 0 Å². The van der Waals surface area contributed by atoms with Crippen molar-refractivity contribution >= 4 is 17.3 Å². The zero-order chi connectivity index (χ0) is 14.5. The summed E-state index contributed by atoms with van der Waals surface area (Å²) in [7, 11) is 0. The maximum absolute atomic E-state index is 12.6. The Balaban J connectivity index is 2.77. The molecular weight excluding hydrogens is 265 g/mol. The standard InChI is InChI=1S/C12H11F3O4/c13-5-12(6-14,7-15)10(17)4-8(16)11(18)9-2-1-3-19-9/h1-3H,4-7H2. The number of halogens is 3. The van der Waals surface area contributed by atoms with Crippen LogP contribution in [-0.2, 0) is 9.59 Å². The number of furan rings is 1. The fraction of sp³-hybridized carbons (Fsp3) is 0.417. The second kappa shape index (κ2) is 6.31. The molecule has 0 radical (unpaired) electrons. The molecule has 0 amide bonds. The highest BCUT2D eigenvalue weighted by Gasteiger charge is 2.41. The highest BCUT2D eigenvalue weighted by Crippen LogP contribution is 2.23. The summed E-state index contributed by atoms with van der Waals surface area (Å²) in [6.45, 7) is -4.71. The van der Waals surface area contributed by atoms with Gasteiger partial charge in [0.2, 0.25) is 5.78 Å². The summed E-state index contributed by atoms with van der Waals surface area (Å²) >= 11 is 0. The molecule has 0 spiro atoms. The highest BCUT2D eigenvalue weighted by molar-refractivity contribution is 6.45. The summed E-state index contributed by atoms with van der Waals surface area (Å²) < 4.78 is 42.4. The largest absolute Gasteiger partial charge is 0.461 e. The van der Waals surface area contributed by atoms with Crippen LogP contribution >= 0.6 is 0 Å². The van der Waals surface area contributed by atoms with Crippen molar-refractivity contribution in [2.24, 2.45) is 5.41 Å². The van der Waals surface area contributed by atoms with E-state index < -0.39 is 49.2 Å². The minimum atomic E-state index is -2.49. The molecule has 0 atom stereocenters. The second-order valence-corrected chi connectivity index (χ2v) is 4.01. The molecule has 0 saturated heterocycles. The van der Waals surface area contributed by atoms with Crippen molar-refractivity contribution in [3.63, 3.8) is 0 Å². The van der Waals surface area contributed by atoms with Crippen LogP contribution in [0.1, 0.15) is 17.0 Å². The molecule has 0 bridgehead atoms. The number of carbonyl (C=O) groups is 3. The van der Waals surface area contributed by atoms with E-state index in [1.807, 2.05) is 0 Å². The van der Waals surface area contributed by atoms with Gasteiger partial charge in [-0.1, -0.05) is 0 Å². The third-order valence-electron chi connectivity index (χ3n) is 2.68. The molecule has 4 nitrogen and oxygen atoms in total. The fourth-order valence-electron chi connectivity index (χ4n) is 1.29. The summed E-state index contributed by atoms with van der Waals surface area (Å²) in [5.74, 6) is -3.85. The quantitative estimate of drug-likeness (QED) is 0.413. The van der Waals surface area contributed by atoms with Gasteiger partial charge in [0.1, 0.15) is 25.4 Å². The van der Waals surface area contributed by atoms with E-state index in [4.69, 9.17) is 0 Å². The summed E-state index contributed by atoms with van der Waals surface area (Å²) in [5.41, 5.74) is -2.49. The van der Waals surface area contributed by atoms with Crippen LogP contribution in [0.2, 0.25) is 0 Å². The summed E-state index contributed by atoms with van der Waals surface area (Å²) in [6.07, 6.45) is 0.0919. The van der Waals surface area contributed by atoms with E-state index in [0.717, 1.165) is 6.26 Å². The molecule has 19 heavy (non-hydrogen) atoms. The van der Waals surface area contributed by atoms with E-state index in [2.05, 4.69) is 4.42 Å². The molecule has 0 N–H and O–H groups in total. The van der Waals surface area contributed by atoms with E-state index >= 15 is 0 Å². The van der Waals surface area contributed by atoms with Crippen molar-refractivity contribution in [1.82, 2.24) is 0 Å². The van der Waals surface area contributed by atoms with Crippen molar-refractivity contribution < 1.29 is 32.0 Å². The first-order valence-electron chi connectivity index (χ1n) is 5.33. The van der Waals surface area contributed by atoms with Gasteiger partial charge in [0.25, 0.3) is 5.78 Å². The average molecular weight is 276 g/mol. The Kier molecular flexibility index (Phi) is 5.02. The molecule has 1 rings (SSSR count). The lowest BCUT2D eigenvalue weighted by molar-refractivity contribution is -0.134. The first-order valence-corrected chi connectivity index (χ1v) is 5.33. The molecule has 0 aliphatic rings. The monoisotopic (exact) mass is 276 g/mol. The maximum Gasteiger partial charge on any atom is 0.264 e. The van der Waals surface area contributed by atoms with Gasteiger partial charge in [0.05, 0.1) is 12.7 Å². The van der Waals surface area contributed by atoms with Gasteiger partial charge >= 0.3 is 0 Å². The predicted molar refractivity (Wildman–Crippen MR) is 58.0 cm³/mol. The van der Waals surface area contributed by atoms with Crippen LogP contribution in [0, 0.1) is 5.41 Å². The lowest BCUT2D eigenvalue weighted by atomic mass is 9.84. The van der Waals surface area contributed by atoms with E-state index in [9.17, 15) is 27.6 Å². The van der Waals surface area contributed by atoms with Gasteiger partial charge in [-0.3, -0.25) is 14.4 Å². The molecule has 0 fully saturated rings.